The molecule has 0 fully saturated rings. The van der Waals surface area contributed by atoms with Gasteiger partial charge in [-0.1, -0.05) is 30.3 Å². The van der Waals surface area contributed by atoms with E-state index in [2.05, 4.69) is 49.6 Å². The Morgan fingerprint density at radius 2 is 2.00 bits per heavy atom. The first-order valence-corrected chi connectivity index (χ1v) is 7.04. The van der Waals surface area contributed by atoms with Gasteiger partial charge in [0.25, 0.3) is 0 Å². The number of benzene rings is 1. The van der Waals surface area contributed by atoms with E-state index in [1.165, 1.54) is 5.56 Å². The lowest BCUT2D eigenvalue weighted by Gasteiger charge is -2.16. The van der Waals surface area contributed by atoms with E-state index in [4.69, 9.17) is 0 Å². The summed E-state index contributed by atoms with van der Waals surface area (Å²) in [5.74, 6) is 1.34. The highest BCUT2D eigenvalue weighted by Crippen LogP contribution is 2.23. The summed E-state index contributed by atoms with van der Waals surface area (Å²) < 4.78 is 0. The van der Waals surface area contributed by atoms with Crippen molar-refractivity contribution in [3.63, 3.8) is 0 Å². The van der Waals surface area contributed by atoms with Crippen LogP contribution in [0.3, 0.4) is 0 Å². The minimum Gasteiger partial charge on any atom is -0.362 e. The zero-order valence-electron chi connectivity index (χ0n) is 12.1. The molecule has 0 aliphatic rings. The molecule has 3 aromatic rings. The van der Waals surface area contributed by atoms with E-state index in [1.54, 1.807) is 6.33 Å². The second-order valence-electron chi connectivity index (χ2n) is 4.80. The predicted octanol–water partition coefficient (Wildman–Crippen LogP) is 2.96. The molecule has 6 nitrogen and oxygen atoms in total. The van der Waals surface area contributed by atoms with Gasteiger partial charge >= 0.3 is 0 Å². The van der Waals surface area contributed by atoms with Crippen molar-refractivity contribution < 1.29 is 0 Å². The van der Waals surface area contributed by atoms with Gasteiger partial charge < -0.3 is 15.6 Å². The third-order valence-corrected chi connectivity index (χ3v) is 3.27. The summed E-state index contributed by atoms with van der Waals surface area (Å²) in [6.07, 6.45) is 1.63. The van der Waals surface area contributed by atoms with E-state index in [0.717, 1.165) is 17.9 Å². The first-order chi connectivity index (χ1) is 10.3. The third-order valence-electron chi connectivity index (χ3n) is 3.27. The van der Waals surface area contributed by atoms with Gasteiger partial charge in [-0.3, -0.25) is 0 Å². The highest BCUT2D eigenvalue weighted by molar-refractivity contribution is 5.83. The lowest BCUT2D eigenvalue weighted by molar-refractivity contribution is 0.875. The minimum atomic E-state index is 0.141. The summed E-state index contributed by atoms with van der Waals surface area (Å²) in [6, 6.07) is 10.4. The van der Waals surface area contributed by atoms with Gasteiger partial charge in [0.05, 0.1) is 12.4 Å². The number of imidazole rings is 1. The number of fused-ring (bicyclic) bond motifs is 1. The lowest BCUT2D eigenvalue weighted by Crippen LogP contribution is -2.11. The molecule has 6 heteroatoms. The Hall–Kier alpha value is -2.63. The van der Waals surface area contributed by atoms with Crippen LogP contribution in [0.5, 0.6) is 0 Å². The molecule has 0 aliphatic carbocycles. The molecular weight excluding hydrogens is 264 g/mol. The first kappa shape index (κ1) is 13.4. The molecule has 3 N–H and O–H groups in total. The van der Waals surface area contributed by atoms with Crippen molar-refractivity contribution >= 4 is 22.9 Å². The van der Waals surface area contributed by atoms with Crippen LogP contribution in [0.25, 0.3) is 11.2 Å². The number of H-pyrrole nitrogens is 1. The normalized spacial score (nSPS) is 12.3. The van der Waals surface area contributed by atoms with Crippen LogP contribution in [0.2, 0.25) is 0 Å². The average molecular weight is 282 g/mol. The van der Waals surface area contributed by atoms with Gasteiger partial charge in [0.15, 0.2) is 11.5 Å². The number of anilines is 2. The molecule has 1 atom stereocenters. The van der Waals surface area contributed by atoms with Crippen LogP contribution in [0.4, 0.5) is 11.8 Å². The molecule has 0 bridgehead atoms. The molecule has 21 heavy (non-hydrogen) atoms. The summed E-state index contributed by atoms with van der Waals surface area (Å²) in [6.45, 7) is 4.88. The van der Waals surface area contributed by atoms with Crippen LogP contribution in [0.15, 0.2) is 36.7 Å². The van der Waals surface area contributed by atoms with Gasteiger partial charge in [0, 0.05) is 6.54 Å². The summed E-state index contributed by atoms with van der Waals surface area (Å²) in [7, 11) is 0. The molecule has 0 radical (unpaired) electrons. The van der Waals surface area contributed by atoms with Gasteiger partial charge in [-0.2, -0.15) is 9.97 Å². The molecule has 0 saturated carbocycles. The number of aromatic amines is 1. The van der Waals surface area contributed by atoms with Crippen LogP contribution in [0.1, 0.15) is 25.5 Å². The van der Waals surface area contributed by atoms with Gasteiger partial charge in [-0.25, -0.2) is 4.98 Å². The first-order valence-electron chi connectivity index (χ1n) is 7.04. The predicted molar refractivity (Wildman–Crippen MR) is 84.3 cm³/mol. The largest absolute Gasteiger partial charge is 0.362 e. The molecule has 1 unspecified atom stereocenters. The lowest BCUT2D eigenvalue weighted by atomic mass is 10.1. The maximum absolute atomic E-state index is 4.52. The molecule has 2 aromatic heterocycles. The van der Waals surface area contributed by atoms with Crippen molar-refractivity contribution in [2.75, 3.05) is 17.2 Å². The van der Waals surface area contributed by atoms with Gasteiger partial charge in [-0.15, -0.1) is 0 Å². The molecule has 0 amide bonds. The Bertz CT molecular complexity index is 721. The average Bonchev–Trinajstić information content (AvgIpc) is 2.97. The summed E-state index contributed by atoms with van der Waals surface area (Å²) in [5.41, 5.74) is 2.68. The maximum Gasteiger partial charge on any atom is 0.226 e. The van der Waals surface area contributed by atoms with Crippen LogP contribution >= 0.6 is 0 Å². The molecule has 2 heterocycles. The topological polar surface area (TPSA) is 78.5 Å². The van der Waals surface area contributed by atoms with E-state index >= 15 is 0 Å². The van der Waals surface area contributed by atoms with Gasteiger partial charge in [0.2, 0.25) is 5.95 Å². The minimum absolute atomic E-state index is 0.141. The van der Waals surface area contributed by atoms with E-state index in [1.807, 2.05) is 25.1 Å². The quantitative estimate of drug-likeness (QED) is 0.670. The molecule has 0 spiro atoms. The number of nitrogens with zero attached hydrogens (tertiary/aromatic N) is 3. The zero-order valence-corrected chi connectivity index (χ0v) is 12.1. The monoisotopic (exact) mass is 282 g/mol. The second-order valence-corrected chi connectivity index (χ2v) is 4.80. The van der Waals surface area contributed by atoms with E-state index in [-0.39, 0.29) is 6.04 Å². The Balaban J connectivity index is 1.93. The highest BCUT2D eigenvalue weighted by atomic mass is 15.2. The van der Waals surface area contributed by atoms with Crippen molar-refractivity contribution in [2.45, 2.75) is 19.9 Å². The molecule has 108 valence electrons. The highest BCUT2D eigenvalue weighted by Gasteiger charge is 2.12. The van der Waals surface area contributed by atoms with E-state index < -0.39 is 0 Å². The van der Waals surface area contributed by atoms with Crippen LogP contribution < -0.4 is 10.6 Å². The Morgan fingerprint density at radius 1 is 1.19 bits per heavy atom. The van der Waals surface area contributed by atoms with Crippen LogP contribution in [-0.2, 0) is 0 Å². The summed E-state index contributed by atoms with van der Waals surface area (Å²) in [4.78, 5) is 16.2. The third kappa shape index (κ3) is 2.79. The molecular formula is C15H18N6. The fourth-order valence-corrected chi connectivity index (χ4v) is 2.20. The standard InChI is InChI=1S/C15H18N6/c1-3-16-15-20-13-12(17-9-18-13)14(21-15)19-10(2)11-7-5-4-6-8-11/h4-10H,3H2,1-2H3,(H3,16,17,18,19,20,21). The number of aromatic nitrogens is 4. The molecule has 1 aromatic carbocycles. The molecule has 0 aliphatic heterocycles. The van der Waals surface area contributed by atoms with Crippen LogP contribution in [0, 0.1) is 0 Å². The molecule has 3 rings (SSSR count). The smallest absolute Gasteiger partial charge is 0.226 e. The SMILES string of the molecule is CCNc1nc(NC(C)c2ccccc2)c2[nH]cnc2n1. The Morgan fingerprint density at radius 3 is 2.76 bits per heavy atom. The van der Waals surface area contributed by atoms with E-state index in [9.17, 15) is 0 Å². The van der Waals surface area contributed by atoms with Crippen molar-refractivity contribution in [3.8, 4) is 0 Å². The molecule has 0 saturated heterocycles. The Kier molecular flexibility index (Phi) is 3.68. The van der Waals surface area contributed by atoms with Crippen molar-refractivity contribution in [3.05, 3.63) is 42.2 Å². The summed E-state index contributed by atoms with van der Waals surface area (Å²) >= 11 is 0. The fraction of sp³-hybridized carbons (Fsp3) is 0.267. The fourth-order valence-electron chi connectivity index (χ4n) is 2.20. The number of nitrogens with one attached hydrogen (secondary N) is 3. The number of hydrogen-bond donors (Lipinski definition) is 3. The van der Waals surface area contributed by atoms with Gasteiger partial charge in [-0.05, 0) is 19.4 Å². The Labute approximate surface area is 123 Å². The van der Waals surface area contributed by atoms with Crippen molar-refractivity contribution in [1.82, 2.24) is 19.9 Å². The second kappa shape index (κ2) is 5.78. The van der Waals surface area contributed by atoms with E-state index in [0.29, 0.717) is 11.6 Å². The van der Waals surface area contributed by atoms with Crippen molar-refractivity contribution in [1.29, 1.82) is 0 Å². The van der Waals surface area contributed by atoms with Crippen molar-refractivity contribution in [2.24, 2.45) is 0 Å². The van der Waals surface area contributed by atoms with Crippen LogP contribution in [-0.4, -0.2) is 26.5 Å². The summed E-state index contributed by atoms with van der Waals surface area (Å²) in [5, 5.41) is 6.55. The zero-order chi connectivity index (χ0) is 14.7. The number of hydrogen-bond acceptors (Lipinski definition) is 5. The van der Waals surface area contributed by atoms with Gasteiger partial charge in [0.1, 0.15) is 5.52 Å². The number of rotatable bonds is 5. The maximum atomic E-state index is 4.52.